The van der Waals surface area contributed by atoms with Crippen molar-refractivity contribution in [3.05, 3.63) is 33.8 Å². The van der Waals surface area contributed by atoms with Crippen molar-refractivity contribution in [3.63, 3.8) is 0 Å². The molecule has 2 saturated heterocycles. The van der Waals surface area contributed by atoms with Crippen LogP contribution in [-0.4, -0.2) is 30.1 Å². The number of hydrogen-bond acceptors (Lipinski definition) is 2. The van der Waals surface area contributed by atoms with Crippen molar-refractivity contribution in [1.82, 2.24) is 10.2 Å². The first-order chi connectivity index (χ1) is 8.70. The number of halogens is 2. The number of nitrogens with zero attached hydrogens (tertiary/aromatic N) is 1. The molecule has 106 valence electrons. The number of nitrogens with one attached hydrogen (secondary N) is 1. The van der Waals surface area contributed by atoms with Crippen LogP contribution < -0.4 is 5.32 Å². The van der Waals surface area contributed by atoms with Crippen molar-refractivity contribution in [2.75, 3.05) is 13.1 Å². The minimum absolute atomic E-state index is 0. The van der Waals surface area contributed by atoms with E-state index in [2.05, 4.69) is 51.3 Å². The van der Waals surface area contributed by atoms with E-state index in [-0.39, 0.29) is 12.4 Å². The molecule has 2 atom stereocenters. The van der Waals surface area contributed by atoms with Crippen LogP contribution in [0.25, 0.3) is 0 Å². The third-order valence-corrected chi connectivity index (χ3v) is 5.13. The van der Waals surface area contributed by atoms with Gasteiger partial charge in [-0.05, 0) is 43.4 Å². The van der Waals surface area contributed by atoms with Crippen LogP contribution in [0.2, 0.25) is 0 Å². The highest BCUT2D eigenvalue weighted by Crippen LogP contribution is 2.23. The van der Waals surface area contributed by atoms with E-state index in [1.807, 2.05) is 0 Å². The van der Waals surface area contributed by atoms with Crippen molar-refractivity contribution < 1.29 is 0 Å². The second kappa shape index (κ2) is 6.57. The molecule has 1 N–H and O–H groups in total. The Morgan fingerprint density at radius 3 is 2.84 bits per heavy atom. The first-order valence-corrected chi connectivity index (χ1v) is 7.73. The van der Waals surface area contributed by atoms with Gasteiger partial charge in [-0.25, -0.2) is 0 Å². The molecule has 0 aliphatic carbocycles. The Morgan fingerprint density at radius 1 is 1.26 bits per heavy atom. The zero-order chi connectivity index (χ0) is 12.5. The van der Waals surface area contributed by atoms with Crippen molar-refractivity contribution in [1.29, 1.82) is 0 Å². The summed E-state index contributed by atoms with van der Waals surface area (Å²) in [5.74, 6) is 0. The predicted octanol–water partition coefficient (Wildman–Crippen LogP) is 3.51. The average Bonchev–Trinajstić information content (AvgIpc) is 2.68. The van der Waals surface area contributed by atoms with Gasteiger partial charge >= 0.3 is 0 Å². The van der Waals surface area contributed by atoms with Crippen LogP contribution in [0, 0.1) is 6.92 Å². The molecular weight excluding hydrogens is 324 g/mol. The standard InChI is InChI=1S/C15H21BrN2.ClH/c1-11-8-12(2-5-15(11)16)9-18-7-6-13-3-4-14(10-18)17-13;/h2,5,8,13-14,17H,3-4,6-7,9-10H2,1H3;1H. The van der Waals surface area contributed by atoms with Gasteiger partial charge in [-0.15, -0.1) is 12.4 Å². The molecule has 3 rings (SSSR count). The topological polar surface area (TPSA) is 15.3 Å². The van der Waals surface area contributed by atoms with Crippen LogP contribution in [0.3, 0.4) is 0 Å². The van der Waals surface area contributed by atoms with E-state index in [9.17, 15) is 0 Å². The van der Waals surface area contributed by atoms with E-state index < -0.39 is 0 Å². The smallest absolute Gasteiger partial charge is 0.0234 e. The zero-order valence-corrected chi connectivity index (χ0v) is 13.8. The van der Waals surface area contributed by atoms with Gasteiger partial charge in [-0.3, -0.25) is 4.90 Å². The number of likely N-dealkylation sites (tertiary alicyclic amines) is 1. The molecule has 2 aliphatic rings. The Hall–Kier alpha value is -0.0900. The monoisotopic (exact) mass is 344 g/mol. The van der Waals surface area contributed by atoms with E-state index in [0.717, 1.165) is 18.6 Å². The normalized spacial score (nSPS) is 26.8. The van der Waals surface area contributed by atoms with Gasteiger partial charge in [0.1, 0.15) is 0 Å². The van der Waals surface area contributed by atoms with Crippen molar-refractivity contribution in [3.8, 4) is 0 Å². The summed E-state index contributed by atoms with van der Waals surface area (Å²) >= 11 is 3.57. The summed E-state index contributed by atoms with van der Waals surface area (Å²) in [5.41, 5.74) is 2.77. The molecular formula is C15H22BrClN2. The fourth-order valence-corrected chi connectivity index (χ4v) is 3.47. The van der Waals surface area contributed by atoms with Gasteiger partial charge in [0.05, 0.1) is 0 Å². The minimum atomic E-state index is 0. The second-order valence-corrected chi connectivity index (χ2v) is 6.60. The molecule has 19 heavy (non-hydrogen) atoms. The van der Waals surface area contributed by atoms with E-state index in [1.54, 1.807) is 0 Å². The lowest BCUT2D eigenvalue weighted by atomic mass is 10.1. The average molecular weight is 346 g/mol. The maximum Gasteiger partial charge on any atom is 0.0234 e. The first kappa shape index (κ1) is 15.3. The molecule has 2 heterocycles. The van der Waals surface area contributed by atoms with Gasteiger partial charge in [0.15, 0.2) is 0 Å². The lowest BCUT2D eigenvalue weighted by Gasteiger charge is -2.24. The van der Waals surface area contributed by atoms with Gasteiger partial charge in [0.2, 0.25) is 0 Å². The highest BCUT2D eigenvalue weighted by molar-refractivity contribution is 9.10. The van der Waals surface area contributed by atoms with Crippen LogP contribution in [0.4, 0.5) is 0 Å². The summed E-state index contributed by atoms with van der Waals surface area (Å²) in [6, 6.07) is 8.24. The predicted molar refractivity (Wildman–Crippen MR) is 86.0 cm³/mol. The van der Waals surface area contributed by atoms with Crippen LogP contribution >= 0.6 is 28.3 Å². The van der Waals surface area contributed by atoms with Crippen LogP contribution in [0.5, 0.6) is 0 Å². The molecule has 0 spiro atoms. The van der Waals surface area contributed by atoms with E-state index >= 15 is 0 Å². The fourth-order valence-electron chi connectivity index (χ4n) is 3.22. The molecule has 2 bridgehead atoms. The Kier molecular flexibility index (Phi) is 5.29. The largest absolute Gasteiger partial charge is 0.310 e. The van der Waals surface area contributed by atoms with Crippen LogP contribution in [0.1, 0.15) is 30.4 Å². The first-order valence-electron chi connectivity index (χ1n) is 6.94. The number of rotatable bonds is 2. The summed E-state index contributed by atoms with van der Waals surface area (Å²) < 4.78 is 1.21. The number of aryl methyl sites for hydroxylation is 1. The lowest BCUT2D eigenvalue weighted by molar-refractivity contribution is 0.251. The summed E-state index contributed by atoms with van der Waals surface area (Å²) in [5, 5.41) is 3.74. The maximum absolute atomic E-state index is 3.74. The minimum Gasteiger partial charge on any atom is -0.310 e. The summed E-state index contributed by atoms with van der Waals surface area (Å²) in [6.45, 7) is 5.72. The molecule has 1 aromatic carbocycles. The molecule has 1 aromatic rings. The quantitative estimate of drug-likeness (QED) is 0.882. The van der Waals surface area contributed by atoms with E-state index in [4.69, 9.17) is 0 Å². The Morgan fingerprint density at radius 2 is 2.05 bits per heavy atom. The summed E-state index contributed by atoms with van der Waals surface area (Å²) in [4.78, 5) is 2.61. The van der Waals surface area contributed by atoms with E-state index in [1.165, 1.54) is 48.0 Å². The molecule has 2 unspecified atom stereocenters. The van der Waals surface area contributed by atoms with Crippen molar-refractivity contribution in [2.45, 2.75) is 44.8 Å². The SMILES string of the molecule is Cc1cc(CN2CCC3CCC(C2)N3)ccc1Br.Cl. The molecule has 0 radical (unpaired) electrons. The Labute approximate surface area is 130 Å². The third-order valence-electron chi connectivity index (χ3n) is 4.24. The fraction of sp³-hybridized carbons (Fsp3) is 0.600. The number of benzene rings is 1. The lowest BCUT2D eigenvalue weighted by Crippen LogP contribution is -2.34. The van der Waals surface area contributed by atoms with Crippen LogP contribution in [0.15, 0.2) is 22.7 Å². The van der Waals surface area contributed by atoms with Gasteiger partial charge in [0, 0.05) is 36.2 Å². The van der Waals surface area contributed by atoms with Gasteiger partial charge in [-0.2, -0.15) is 0 Å². The van der Waals surface area contributed by atoms with E-state index in [0.29, 0.717) is 0 Å². The molecule has 2 nitrogen and oxygen atoms in total. The molecule has 0 saturated carbocycles. The highest BCUT2D eigenvalue weighted by atomic mass is 79.9. The number of fused-ring (bicyclic) bond motifs is 2. The second-order valence-electron chi connectivity index (χ2n) is 5.75. The maximum atomic E-state index is 3.74. The molecule has 2 fully saturated rings. The van der Waals surface area contributed by atoms with Gasteiger partial charge < -0.3 is 5.32 Å². The zero-order valence-electron chi connectivity index (χ0n) is 11.4. The van der Waals surface area contributed by atoms with Crippen molar-refractivity contribution >= 4 is 28.3 Å². The molecule has 4 heteroatoms. The Bertz CT molecular complexity index is 438. The third kappa shape index (κ3) is 3.72. The van der Waals surface area contributed by atoms with Gasteiger partial charge in [0.25, 0.3) is 0 Å². The molecule has 0 aromatic heterocycles. The number of hydrogen-bond donors (Lipinski definition) is 1. The van der Waals surface area contributed by atoms with Gasteiger partial charge in [-0.1, -0.05) is 28.1 Å². The molecule has 0 amide bonds. The molecule has 2 aliphatic heterocycles. The van der Waals surface area contributed by atoms with Crippen molar-refractivity contribution in [2.24, 2.45) is 0 Å². The Balaban J connectivity index is 0.00000133. The highest BCUT2D eigenvalue weighted by Gasteiger charge is 2.28. The summed E-state index contributed by atoms with van der Waals surface area (Å²) in [7, 11) is 0. The van der Waals surface area contributed by atoms with Crippen LogP contribution in [-0.2, 0) is 6.54 Å². The summed E-state index contributed by atoms with van der Waals surface area (Å²) in [6.07, 6.45) is 4.06.